The second kappa shape index (κ2) is 4.20. The Labute approximate surface area is 101 Å². The molecule has 0 aliphatic heterocycles. The van der Waals surface area contributed by atoms with Crippen LogP contribution in [0, 0.1) is 0 Å². The van der Waals surface area contributed by atoms with Crippen LogP contribution in [0.15, 0.2) is 30.9 Å². The first-order valence-corrected chi connectivity index (χ1v) is 5.55. The van der Waals surface area contributed by atoms with E-state index in [9.17, 15) is 0 Å². The van der Waals surface area contributed by atoms with Gasteiger partial charge >= 0.3 is 0 Å². The van der Waals surface area contributed by atoms with E-state index >= 15 is 0 Å². The van der Waals surface area contributed by atoms with Crippen LogP contribution in [0.4, 0.5) is 0 Å². The first kappa shape index (κ1) is 11.6. The molecule has 1 heterocycles. The second-order valence-electron chi connectivity index (χ2n) is 5.01. The summed E-state index contributed by atoms with van der Waals surface area (Å²) in [5.41, 5.74) is 2.25. The van der Waals surface area contributed by atoms with Crippen molar-refractivity contribution in [3.63, 3.8) is 0 Å². The first-order chi connectivity index (χ1) is 8.00. The number of hydrogen-bond donors (Lipinski definition) is 0. The smallest absolute Gasteiger partial charge is 0.138 e. The Morgan fingerprint density at radius 2 is 1.94 bits per heavy atom. The lowest BCUT2D eigenvalue weighted by atomic mass is 9.86. The zero-order chi connectivity index (χ0) is 12.5. The van der Waals surface area contributed by atoms with E-state index in [1.54, 1.807) is 18.1 Å². The summed E-state index contributed by atoms with van der Waals surface area (Å²) in [6, 6.07) is 6.11. The van der Waals surface area contributed by atoms with E-state index in [-0.39, 0.29) is 5.41 Å². The highest BCUT2D eigenvalue weighted by atomic mass is 16.5. The lowest BCUT2D eigenvalue weighted by Gasteiger charge is -2.20. The summed E-state index contributed by atoms with van der Waals surface area (Å²) in [5, 5.41) is 4.14. The van der Waals surface area contributed by atoms with Crippen LogP contribution < -0.4 is 4.74 Å². The molecule has 0 radical (unpaired) electrons. The molecule has 0 unspecified atom stereocenters. The number of rotatable bonds is 2. The molecule has 0 aliphatic rings. The number of benzene rings is 1. The van der Waals surface area contributed by atoms with Crippen molar-refractivity contribution in [3.8, 4) is 11.4 Å². The van der Waals surface area contributed by atoms with Gasteiger partial charge in [-0.05, 0) is 23.1 Å². The molecule has 2 rings (SSSR count). The standard InChI is InChI=1S/C13H17N3O/c1-13(2,3)10-5-11(7-12(6-10)17-4)16-9-14-8-15-16/h5-9H,1-4H3. The van der Waals surface area contributed by atoms with E-state index in [0.717, 1.165) is 11.4 Å². The van der Waals surface area contributed by atoms with Crippen LogP contribution >= 0.6 is 0 Å². The van der Waals surface area contributed by atoms with Crippen LogP contribution in [0.2, 0.25) is 0 Å². The average Bonchev–Trinajstić information content (AvgIpc) is 2.80. The van der Waals surface area contributed by atoms with Gasteiger partial charge in [-0.3, -0.25) is 0 Å². The summed E-state index contributed by atoms with van der Waals surface area (Å²) >= 11 is 0. The van der Waals surface area contributed by atoms with E-state index in [2.05, 4.69) is 43.0 Å². The van der Waals surface area contributed by atoms with Crippen LogP contribution in [0.5, 0.6) is 5.75 Å². The Balaban J connectivity index is 2.54. The zero-order valence-electron chi connectivity index (χ0n) is 10.6. The molecule has 1 aromatic heterocycles. The summed E-state index contributed by atoms with van der Waals surface area (Å²) < 4.78 is 7.06. The molecule has 0 fully saturated rings. The normalized spacial score (nSPS) is 11.5. The molecule has 4 heteroatoms. The topological polar surface area (TPSA) is 39.9 Å². The van der Waals surface area contributed by atoms with Crippen molar-refractivity contribution in [1.82, 2.24) is 14.8 Å². The van der Waals surface area contributed by atoms with Crippen molar-refractivity contribution in [2.75, 3.05) is 7.11 Å². The quantitative estimate of drug-likeness (QED) is 0.797. The molecule has 4 nitrogen and oxygen atoms in total. The van der Waals surface area contributed by atoms with E-state index in [1.165, 1.54) is 11.9 Å². The van der Waals surface area contributed by atoms with Gasteiger partial charge in [0.05, 0.1) is 12.8 Å². The molecular weight excluding hydrogens is 214 g/mol. The minimum atomic E-state index is 0.0733. The molecule has 2 aromatic rings. The third kappa shape index (κ3) is 2.46. The number of aromatic nitrogens is 3. The predicted molar refractivity (Wildman–Crippen MR) is 66.6 cm³/mol. The highest BCUT2D eigenvalue weighted by molar-refractivity contribution is 5.44. The molecule has 0 N–H and O–H groups in total. The predicted octanol–water partition coefficient (Wildman–Crippen LogP) is 2.57. The number of methoxy groups -OCH3 is 1. The molecule has 0 aliphatic carbocycles. The van der Waals surface area contributed by atoms with E-state index in [4.69, 9.17) is 4.74 Å². The molecule has 90 valence electrons. The number of hydrogen-bond acceptors (Lipinski definition) is 3. The maximum Gasteiger partial charge on any atom is 0.138 e. The van der Waals surface area contributed by atoms with Crippen molar-refractivity contribution in [1.29, 1.82) is 0 Å². The molecule has 0 amide bonds. The summed E-state index contributed by atoms with van der Waals surface area (Å²) in [4.78, 5) is 3.96. The van der Waals surface area contributed by atoms with Crippen molar-refractivity contribution in [2.45, 2.75) is 26.2 Å². The Kier molecular flexibility index (Phi) is 2.88. The second-order valence-corrected chi connectivity index (χ2v) is 5.01. The summed E-state index contributed by atoms with van der Waals surface area (Å²) in [7, 11) is 1.67. The van der Waals surface area contributed by atoms with Crippen LogP contribution in [0.1, 0.15) is 26.3 Å². The van der Waals surface area contributed by atoms with Gasteiger partial charge in [-0.15, -0.1) is 0 Å². The Morgan fingerprint density at radius 3 is 2.47 bits per heavy atom. The maximum absolute atomic E-state index is 5.33. The van der Waals surface area contributed by atoms with Crippen molar-refractivity contribution in [2.24, 2.45) is 0 Å². The molecule has 0 spiro atoms. The van der Waals surface area contributed by atoms with Gasteiger partial charge in [0.25, 0.3) is 0 Å². The van der Waals surface area contributed by atoms with E-state index in [0.29, 0.717) is 0 Å². The largest absolute Gasteiger partial charge is 0.497 e. The van der Waals surface area contributed by atoms with Gasteiger partial charge in [0.2, 0.25) is 0 Å². The van der Waals surface area contributed by atoms with Crippen molar-refractivity contribution >= 4 is 0 Å². The Bertz CT molecular complexity index is 498. The van der Waals surface area contributed by atoms with Gasteiger partial charge in [-0.2, -0.15) is 5.10 Å². The molecule has 1 aromatic carbocycles. The van der Waals surface area contributed by atoms with Crippen LogP contribution in [0.25, 0.3) is 5.69 Å². The van der Waals surface area contributed by atoms with E-state index in [1.807, 2.05) is 6.07 Å². The van der Waals surface area contributed by atoms with Gasteiger partial charge in [0.15, 0.2) is 0 Å². The van der Waals surface area contributed by atoms with Gasteiger partial charge in [-0.1, -0.05) is 20.8 Å². The summed E-state index contributed by atoms with van der Waals surface area (Å²) in [5.74, 6) is 0.836. The molecule has 17 heavy (non-hydrogen) atoms. The highest BCUT2D eigenvalue weighted by Gasteiger charge is 2.16. The molecule has 0 saturated heterocycles. The third-order valence-corrected chi connectivity index (χ3v) is 2.68. The molecule has 0 bridgehead atoms. The van der Waals surface area contributed by atoms with E-state index < -0.39 is 0 Å². The summed E-state index contributed by atoms with van der Waals surface area (Å²) in [6.45, 7) is 6.52. The average molecular weight is 231 g/mol. The minimum Gasteiger partial charge on any atom is -0.497 e. The minimum absolute atomic E-state index is 0.0733. The first-order valence-electron chi connectivity index (χ1n) is 5.55. The fourth-order valence-electron chi connectivity index (χ4n) is 1.61. The fourth-order valence-corrected chi connectivity index (χ4v) is 1.61. The van der Waals surface area contributed by atoms with Crippen molar-refractivity contribution < 1.29 is 4.74 Å². The zero-order valence-corrected chi connectivity index (χ0v) is 10.6. The molecular formula is C13H17N3O. The van der Waals surface area contributed by atoms with Gasteiger partial charge in [0, 0.05) is 6.07 Å². The third-order valence-electron chi connectivity index (χ3n) is 2.68. The Hall–Kier alpha value is -1.84. The highest BCUT2D eigenvalue weighted by Crippen LogP contribution is 2.28. The molecule has 0 saturated carbocycles. The number of nitrogens with zero attached hydrogens (tertiary/aromatic N) is 3. The summed E-state index contributed by atoms with van der Waals surface area (Å²) in [6.07, 6.45) is 3.21. The number of ether oxygens (including phenoxy) is 1. The van der Waals surface area contributed by atoms with Crippen molar-refractivity contribution in [3.05, 3.63) is 36.4 Å². The van der Waals surface area contributed by atoms with Crippen LogP contribution in [-0.2, 0) is 5.41 Å². The fraction of sp³-hybridized carbons (Fsp3) is 0.385. The monoisotopic (exact) mass is 231 g/mol. The van der Waals surface area contributed by atoms with Gasteiger partial charge in [0.1, 0.15) is 18.4 Å². The van der Waals surface area contributed by atoms with Crippen LogP contribution in [0.3, 0.4) is 0 Å². The van der Waals surface area contributed by atoms with Crippen LogP contribution in [-0.4, -0.2) is 21.9 Å². The Morgan fingerprint density at radius 1 is 1.18 bits per heavy atom. The lowest BCUT2D eigenvalue weighted by molar-refractivity contribution is 0.412. The molecule has 0 atom stereocenters. The SMILES string of the molecule is COc1cc(-n2cncn2)cc(C(C)(C)C)c1. The maximum atomic E-state index is 5.33. The van der Waals surface area contributed by atoms with Gasteiger partial charge < -0.3 is 4.74 Å². The lowest BCUT2D eigenvalue weighted by Crippen LogP contribution is -2.12. The van der Waals surface area contributed by atoms with Gasteiger partial charge in [-0.25, -0.2) is 9.67 Å².